The molecule has 0 aliphatic carbocycles. The van der Waals surface area contributed by atoms with Crippen molar-refractivity contribution in [2.24, 2.45) is 5.92 Å². The van der Waals surface area contributed by atoms with Crippen LogP contribution in [0.15, 0.2) is 24.3 Å². The predicted molar refractivity (Wildman–Crippen MR) is 80.7 cm³/mol. The number of rotatable bonds is 6. The van der Waals surface area contributed by atoms with E-state index in [1.54, 1.807) is 12.1 Å². The third kappa shape index (κ3) is 3.74. The fourth-order valence-electron chi connectivity index (χ4n) is 1.92. The van der Waals surface area contributed by atoms with Gasteiger partial charge in [0, 0.05) is 29.7 Å². The van der Waals surface area contributed by atoms with E-state index in [0.717, 1.165) is 10.9 Å². The molecule has 4 N–H and O–H groups in total. The first-order valence-electron chi connectivity index (χ1n) is 6.80. The molecular weight excluding hydrogens is 254 g/mol. The molecule has 0 radical (unpaired) electrons. The second-order valence-corrected chi connectivity index (χ2v) is 5.25. The maximum atomic E-state index is 12.0. The minimum Gasteiger partial charge on any atom is -0.399 e. The molecule has 1 aromatic heterocycles. The van der Waals surface area contributed by atoms with Crippen molar-refractivity contribution in [3.8, 4) is 0 Å². The van der Waals surface area contributed by atoms with E-state index in [1.165, 1.54) is 0 Å². The number of aromatic amines is 1. The average molecular weight is 275 g/mol. The number of H-pyrrole nitrogens is 1. The number of fused-ring (bicyclic) bond motifs is 1. The Morgan fingerprint density at radius 1 is 1.40 bits per heavy atom. The minimum absolute atomic E-state index is 0.132. The molecule has 0 aliphatic rings. The molecule has 2 aromatic rings. The van der Waals surface area contributed by atoms with Crippen LogP contribution in [0.3, 0.4) is 0 Å². The number of nitrogen functional groups attached to an aromatic ring is 1. The Bertz CT molecular complexity index is 590. The van der Waals surface area contributed by atoms with Gasteiger partial charge in [-0.1, -0.05) is 13.8 Å². The summed E-state index contributed by atoms with van der Waals surface area (Å²) in [5.41, 5.74) is 7.84. The van der Waals surface area contributed by atoms with Crippen molar-refractivity contribution < 1.29 is 9.53 Å². The van der Waals surface area contributed by atoms with E-state index in [-0.39, 0.29) is 5.91 Å². The van der Waals surface area contributed by atoms with Crippen molar-refractivity contribution in [1.29, 1.82) is 0 Å². The summed E-state index contributed by atoms with van der Waals surface area (Å²) in [5.74, 6) is 0.373. The van der Waals surface area contributed by atoms with Crippen molar-refractivity contribution in [2.45, 2.75) is 13.8 Å². The molecule has 5 nitrogen and oxygen atoms in total. The summed E-state index contributed by atoms with van der Waals surface area (Å²) in [4.78, 5) is 15.0. The van der Waals surface area contributed by atoms with Gasteiger partial charge in [-0.2, -0.15) is 0 Å². The molecule has 2 rings (SSSR count). The van der Waals surface area contributed by atoms with Crippen molar-refractivity contribution in [2.75, 3.05) is 25.5 Å². The Hall–Kier alpha value is -2.01. The number of hydrogen-bond donors (Lipinski definition) is 3. The molecule has 1 heterocycles. The van der Waals surface area contributed by atoms with Crippen LogP contribution >= 0.6 is 0 Å². The highest BCUT2D eigenvalue weighted by Crippen LogP contribution is 2.18. The normalized spacial score (nSPS) is 11.2. The van der Waals surface area contributed by atoms with Gasteiger partial charge in [0.1, 0.15) is 5.69 Å². The van der Waals surface area contributed by atoms with E-state index in [4.69, 9.17) is 10.5 Å². The number of nitrogens with two attached hydrogens (primary N) is 1. The van der Waals surface area contributed by atoms with Gasteiger partial charge in [-0.05, 0) is 30.2 Å². The number of benzene rings is 1. The van der Waals surface area contributed by atoms with Gasteiger partial charge in [0.2, 0.25) is 0 Å². The summed E-state index contributed by atoms with van der Waals surface area (Å²) in [6.45, 7) is 5.92. The van der Waals surface area contributed by atoms with E-state index < -0.39 is 0 Å². The molecule has 1 amide bonds. The second-order valence-electron chi connectivity index (χ2n) is 5.25. The molecule has 0 spiro atoms. The number of carbonyl (C=O) groups excluding carboxylic acids is 1. The van der Waals surface area contributed by atoms with E-state index in [9.17, 15) is 4.79 Å². The molecule has 0 aliphatic heterocycles. The van der Waals surface area contributed by atoms with Gasteiger partial charge in [0.05, 0.1) is 6.61 Å². The monoisotopic (exact) mass is 275 g/mol. The molecular formula is C15H21N3O2. The van der Waals surface area contributed by atoms with Gasteiger partial charge in [0.25, 0.3) is 5.91 Å². The number of nitrogens with one attached hydrogen (secondary N) is 2. The number of amides is 1. The molecule has 0 unspecified atom stereocenters. The Labute approximate surface area is 118 Å². The average Bonchev–Trinajstić information content (AvgIpc) is 2.80. The summed E-state index contributed by atoms with van der Waals surface area (Å²) in [5, 5.41) is 3.76. The Morgan fingerprint density at radius 3 is 2.95 bits per heavy atom. The fourth-order valence-corrected chi connectivity index (χ4v) is 1.92. The van der Waals surface area contributed by atoms with Gasteiger partial charge < -0.3 is 20.8 Å². The van der Waals surface area contributed by atoms with Gasteiger partial charge in [0.15, 0.2) is 0 Å². The van der Waals surface area contributed by atoms with Crippen LogP contribution in [-0.4, -0.2) is 30.6 Å². The van der Waals surface area contributed by atoms with Gasteiger partial charge in [-0.25, -0.2) is 0 Å². The highest BCUT2D eigenvalue weighted by Gasteiger charge is 2.08. The zero-order valence-electron chi connectivity index (χ0n) is 11.9. The molecule has 20 heavy (non-hydrogen) atoms. The molecule has 0 saturated carbocycles. The van der Waals surface area contributed by atoms with Crippen LogP contribution in [0.1, 0.15) is 24.3 Å². The van der Waals surface area contributed by atoms with Gasteiger partial charge in [-0.15, -0.1) is 0 Å². The minimum atomic E-state index is -0.132. The summed E-state index contributed by atoms with van der Waals surface area (Å²) in [7, 11) is 0. The number of ether oxygens (including phenoxy) is 1. The van der Waals surface area contributed by atoms with Gasteiger partial charge >= 0.3 is 0 Å². The molecule has 0 atom stereocenters. The number of aromatic nitrogens is 1. The first-order valence-corrected chi connectivity index (χ1v) is 6.80. The molecule has 5 heteroatoms. The first kappa shape index (κ1) is 14.4. The third-order valence-electron chi connectivity index (χ3n) is 2.87. The Kier molecular flexibility index (Phi) is 4.63. The van der Waals surface area contributed by atoms with Crippen molar-refractivity contribution in [1.82, 2.24) is 10.3 Å². The zero-order chi connectivity index (χ0) is 14.5. The predicted octanol–water partition coefficient (Wildman–Crippen LogP) is 2.15. The van der Waals surface area contributed by atoms with Crippen LogP contribution in [0.5, 0.6) is 0 Å². The van der Waals surface area contributed by atoms with Crippen LogP contribution in [0.4, 0.5) is 5.69 Å². The lowest BCUT2D eigenvalue weighted by Crippen LogP contribution is -2.27. The highest BCUT2D eigenvalue weighted by molar-refractivity contribution is 5.98. The van der Waals surface area contributed by atoms with E-state index >= 15 is 0 Å². The van der Waals surface area contributed by atoms with E-state index in [0.29, 0.717) is 37.1 Å². The molecule has 0 saturated heterocycles. The molecule has 0 bridgehead atoms. The highest BCUT2D eigenvalue weighted by atomic mass is 16.5. The maximum absolute atomic E-state index is 12.0. The second kappa shape index (κ2) is 6.43. The number of anilines is 1. The molecule has 1 aromatic carbocycles. The zero-order valence-corrected chi connectivity index (χ0v) is 11.9. The third-order valence-corrected chi connectivity index (χ3v) is 2.87. The topological polar surface area (TPSA) is 80.1 Å². The molecule has 108 valence electrons. The maximum Gasteiger partial charge on any atom is 0.267 e. The molecule has 0 fully saturated rings. The van der Waals surface area contributed by atoms with Crippen LogP contribution in [-0.2, 0) is 4.74 Å². The smallest absolute Gasteiger partial charge is 0.267 e. The summed E-state index contributed by atoms with van der Waals surface area (Å²) < 4.78 is 5.41. The summed E-state index contributed by atoms with van der Waals surface area (Å²) >= 11 is 0. The SMILES string of the molecule is CC(C)COCCNC(=O)c1cc2cc(N)ccc2[nH]1. The van der Waals surface area contributed by atoms with Crippen molar-refractivity contribution in [3.63, 3.8) is 0 Å². The quantitative estimate of drug-likeness (QED) is 0.558. The lowest BCUT2D eigenvalue weighted by molar-refractivity contribution is 0.0883. The Morgan fingerprint density at radius 2 is 2.20 bits per heavy atom. The number of carbonyl (C=O) groups is 1. The largest absolute Gasteiger partial charge is 0.399 e. The van der Waals surface area contributed by atoms with Gasteiger partial charge in [-0.3, -0.25) is 4.79 Å². The van der Waals surface area contributed by atoms with Crippen molar-refractivity contribution in [3.05, 3.63) is 30.0 Å². The van der Waals surface area contributed by atoms with Crippen LogP contribution in [0.25, 0.3) is 10.9 Å². The fraction of sp³-hybridized carbons (Fsp3) is 0.400. The van der Waals surface area contributed by atoms with Crippen molar-refractivity contribution >= 4 is 22.5 Å². The van der Waals surface area contributed by atoms with Crippen LogP contribution < -0.4 is 11.1 Å². The van der Waals surface area contributed by atoms with E-state index in [2.05, 4.69) is 24.1 Å². The van der Waals surface area contributed by atoms with Crippen LogP contribution in [0, 0.1) is 5.92 Å². The van der Waals surface area contributed by atoms with E-state index in [1.807, 2.05) is 12.1 Å². The lowest BCUT2D eigenvalue weighted by atomic mass is 10.2. The lowest BCUT2D eigenvalue weighted by Gasteiger charge is -2.07. The standard InChI is InChI=1S/C15H21N3O2/c1-10(2)9-20-6-5-17-15(19)14-8-11-7-12(16)3-4-13(11)18-14/h3-4,7-8,10,18H,5-6,9,16H2,1-2H3,(H,17,19). The summed E-state index contributed by atoms with van der Waals surface area (Å²) in [6.07, 6.45) is 0. The summed E-state index contributed by atoms with van der Waals surface area (Å²) in [6, 6.07) is 7.32. The number of hydrogen-bond acceptors (Lipinski definition) is 3. The Balaban J connectivity index is 1.88. The van der Waals surface area contributed by atoms with Crippen LogP contribution in [0.2, 0.25) is 0 Å². The first-order chi connectivity index (χ1) is 9.56.